The van der Waals surface area contributed by atoms with Crippen LogP contribution in [0.15, 0.2) is 24.3 Å². The molecule has 0 saturated carbocycles. The van der Waals surface area contributed by atoms with Gasteiger partial charge in [-0.15, -0.1) is 5.10 Å². The number of aromatic nitrogens is 3. The highest BCUT2D eigenvalue weighted by atomic mass is 19.4. The monoisotopic (exact) mass is 342 g/mol. The van der Waals surface area contributed by atoms with Crippen molar-refractivity contribution in [1.29, 1.82) is 0 Å². The summed E-state index contributed by atoms with van der Waals surface area (Å²) in [5, 5.41) is 6.04. The summed E-state index contributed by atoms with van der Waals surface area (Å²) in [6, 6.07) is 6.78. The highest BCUT2D eigenvalue weighted by Gasteiger charge is 2.36. The van der Waals surface area contributed by atoms with Gasteiger partial charge in [-0.25, -0.2) is 9.67 Å². The molecule has 9 heteroatoms. The molecule has 0 aliphatic heterocycles. The van der Waals surface area contributed by atoms with Crippen molar-refractivity contribution >= 4 is 5.91 Å². The largest absolute Gasteiger partial charge is 0.496 e. The van der Waals surface area contributed by atoms with Crippen LogP contribution in [0.2, 0.25) is 0 Å². The average Bonchev–Trinajstić information content (AvgIpc) is 2.88. The molecule has 6 nitrogen and oxygen atoms in total. The average molecular weight is 342 g/mol. The number of rotatable bonds is 5. The third-order valence-corrected chi connectivity index (χ3v) is 3.39. The third-order valence-electron chi connectivity index (χ3n) is 3.39. The van der Waals surface area contributed by atoms with Gasteiger partial charge in [-0.3, -0.25) is 4.79 Å². The number of carbonyl (C=O) groups is 1. The highest BCUT2D eigenvalue weighted by Crippen LogP contribution is 2.26. The number of aryl methyl sites for hydroxylation is 1. The molecule has 0 spiro atoms. The lowest BCUT2D eigenvalue weighted by atomic mass is 10.1. The molecule has 2 rings (SSSR count). The summed E-state index contributed by atoms with van der Waals surface area (Å²) in [6.07, 6.45) is -4.64. The van der Waals surface area contributed by atoms with Crippen molar-refractivity contribution in [3.63, 3.8) is 0 Å². The standard InChI is InChI=1S/C15H17F3N4O2/c1-9(11-6-4-5-7-12(11)24-3)19-13(23)8-22-10(2)20-14(21-22)15(16,17)18/h4-7,9H,8H2,1-3H3,(H,19,23)/t9-/m1/s1. The predicted octanol–water partition coefficient (Wildman–Crippen LogP) is 2.49. The van der Waals surface area contributed by atoms with Crippen LogP contribution in [-0.4, -0.2) is 27.8 Å². The lowest BCUT2D eigenvalue weighted by molar-refractivity contribution is -0.145. The highest BCUT2D eigenvalue weighted by molar-refractivity contribution is 5.76. The van der Waals surface area contributed by atoms with Crippen LogP contribution < -0.4 is 10.1 Å². The number of benzene rings is 1. The molecule has 0 fully saturated rings. The smallest absolute Gasteiger partial charge is 0.453 e. The molecule has 0 radical (unpaired) electrons. The Balaban J connectivity index is 2.07. The fourth-order valence-corrected chi connectivity index (χ4v) is 2.21. The summed E-state index contributed by atoms with van der Waals surface area (Å²) in [5.41, 5.74) is 0.764. The van der Waals surface area contributed by atoms with Crippen molar-refractivity contribution in [1.82, 2.24) is 20.1 Å². The molecule has 24 heavy (non-hydrogen) atoms. The van der Waals surface area contributed by atoms with Gasteiger partial charge in [0.25, 0.3) is 5.82 Å². The minimum absolute atomic E-state index is 0.0161. The Hall–Kier alpha value is -2.58. The Labute approximate surface area is 136 Å². The van der Waals surface area contributed by atoms with Gasteiger partial charge in [0.15, 0.2) is 0 Å². The fourth-order valence-electron chi connectivity index (χ4n) is 2.21. The van der Waals surface area contributed by atoms with Crippen LogP contribution in [-0.2, 0) is 17.5 Å². The van der Waals surface area contributed by atoms with Crippen LogP contribution >= 0.6 is 0 Å². The molecular formula is C15H17F3N4O2. The van der Waals surface area contributed by atoms with E-state index in [-0.39, 0.29) is 18.4 Å². The van der Waals surface area contributed by atoms with Crippen molar-refractivity contribution in [3.8, 4) is 5.75 Å². The molecule has 0 aliphatic carbocycles. The van der Waals surface area contributed by atoms with E-state index in [1.54, 1.807) is 31.2 Å². The summed E-state index contributed by atoms with van der Waals surface area (Å²) in [6.45, 7) is 2.76. The number of hydrogen-bond donors (Lipinski definition) is 1. The topological polar surface area (TPSA) is 69.0 Å². The molecule has 1 aromatic carbocycles. The number of halogens is 3. The first-order valence-corrected chi connectivity index (χ1v) is 7.13. The Morgan fingerprint density at radius 3 is 2.62 bits per heavy atom. The van der Waals surface area contributed by atoms with Crippen molar-refractivity contribution in [2.45, 2.75) is 32.6 Å². The van der Waals surface area contributed by atoms with Crippen LogP contribution in [0.4, 0.5) is 13.2 Å². The van der Waals surface area contributed by atoms with Gasteiger partial charge < -0.3 is 10.1 Å². The number of para-hydroxylation sites is 1. The van der Waals surface area contributed by atoms with E-state index in [1.807, 2.05) is 0 Å². The molecule has 1 aromatic heterocycles. The normalized spacial score (nSPS) is 12.8. The zero-order chi connectivity index (χ0) is 17.9. The van der Waals surface area contributed by atoms with Crippen LogP contribution in [0.1, 0.15) is 30.2 Å². The zero-order valence-electron chi connectivity index (χ0n) is 13.4. The number of methoxy groups -OCH3 is 1. The Kier molecular flexibility index (Phi) is 5.10. The maximum atomic E-state index is 12.6. The Bertz CT molecular complexity index is 728. The van der Waals surface area contributed by atoms with Gasteiger partial charge in [0.05, 0.1) is 13.2 Å². The van der Waals surface area contributed by atoms with Crippen LogP contribution in [0, 0.1) is 6.92 Å². The first-order valence-electron chi connectivity index (χ1n) is 7.13. The number of amides is 1. The summed E-state index contributed by atoms with van der Waals surface area (Å²) < 4.78 is 43.9. The van der Waals surface area contributed by atoms with E-state index in [1.165, 1.54) is 14.0 Å². The van der Waals surface area contributed by atoms with E-state index in [0.717, 1.165) is 10.2 Å². The molecule has 1 heterocycles. The maximum Gasteiger partial charge on any atom is 0.453 e. The molecule has 130 valence electrons. The van der Waals surface area contributed by atoms with E-state index in [4.69, 9.17) is 4.74 Å². The molecule has 0 unspecified atom stereocenters. The molecule has 0 bridgehead atoms. The number of ether oxygens (including phenoxy) is 1. The van der Waals surface area contributed by atoms with Crippen LogP contribution in [0.3, 0.4) is 0 Å². The minimum atomic E-state index is -4.64. The third kappa shape index (κ3) is 4.03. The van der Waals surface area contributed by atoms with E-state index in [2.05, 4.69) is 15.4 Å². The van der Waals surface area contributed by atoms with E-state index >= 15 is 0 Å². The Morgan fingerprint density at radius 2 is 2.04 bits per heavy atom. The van der Waals surface area contributed by atoms with E-state index < -0.39 is 17.9 Å². The van der Waals surface area contributed by atoms with Crippen molar-refractivity contribution in [2.75, 3.05) is 7.11 Å². The molecule has 2 aromatic rings. The number of carbonyl (C=O) groups excluding carboxylic acids is 1. The van der Waals surface area contributed by atoms with Crippen molar-refractivity contribution in [2.24, 2.45) is 0 Å². The second-order valence-electron chi connectivity index (χ2n) is 5.17. The van der Waals surface area contributed by atoms with Gasteiger partial charge in [-0.1, -0.05) is 18.2 Å². The number of hydrogen-bond acceptors (Lipinski definition) is 4. The number of nitrogens with zero attached hydrogens (tertiary/aromatic N) is 3. The number of nitrogens with one attached hydrogen (secondary N) is 1. The summed E-state index contributed by atoms with van der Waals surface area (Å²) in [4.78, 5) is 15.4. The molecule has 0 aliphatic rings. The maximum absolute atomic E-state index is 12.6. The van der Waals surface area contributed by atoms with Gasteiger partial charge in [0, 0.05) is 5.56 Å². The summed E-state index contributed by atoms with van der Waals surface area (Å²) in [5.74, 6) is -1.11. The Morgan fingerprint density at radius 1 is 1.38 bits per heavy atom. The first kappa shape index (κ1) is 17.8. The fraction of sp³-hybridized carbons (Fsp3) is 0.400. The van der Waals surface area contributed by atoms with Gasteiger partial charge >= 0.3 is 6.18 Å². The molecule has 0 saturated heterocycles. The minimum Gasteiger partial charge on any atom is -0.496 e. The second kappa shape index (κ2) is 6.90. The summed E-state index contributed by atoms with van der Waals surface area (Å²) in [7, 11) is 1.52. The van der Waals surface area contributed by atoms with Crippen molar-refractivity contribution < 1.29 is 22.7 Å². The molecule has 1 N–H and O–H groups in total. The van der Waals surface area contributed by atoms with E-state index in [0.29, 0.717) is 5.75 Å². The van der Waals surface area contributed by atoms with Gasteiger partial charge in [0.1, 0.15) is 18.1 Å². The van der Waals surface area contributed by atoms with Gasteiger partial charge in [-0.2, -0.15) is 13.2 Å². The second-order valence-corrected chi connectivity index (χ2v) is 5.17. The first-order chi connectivity index (χ1) is 11.2. The van der Waals surface area contributed by atoms with Crippen LogP contribution in [0.5, 0.6) is 5.75 Å². The SMILES string of the molecule is COc1ccccc1[C@@H](C)NC(=O)Cn1nc(C(F)(F)F)nc1C. The zero-order valence-corrected chi connectivity index (χ0v) is 13.4. The molecule has 1 atom stereocenters. The molecule has 1 amide bonds. The quantitative estimate of drug-likeness (QED) is 0.906. The van der Waals surface area contributed by atoms with Crippen molar-refractivity contribution in [3.05, 3.63) is 41.5 Å². The van der Waals surface area contributed by atoms with Crippen LogP contribution in [0.25, 0.3) is 0 Å². The predicted molar refractivity (Wildman–Crippen MR) is 79.3 cm³/mol. The van der Waals surface area contributed by atoms with Gasteiger partial charge in [-0.05, 0) is 19.9 Å². The lowest BCUT2D eigenvalue weighted by Crippen LogP contribution is -2.31. The van der Waals surface area contributed by atoms with E-state index in [9.17, 15) is 18.0 Å². The summed E-state index contributed by atoms with van der Waals surface area (Å²) >= 11 is 0. The molecular weight excluding hydrogens is 325 g/mol. The van der Waals surface area contributed by atoms with Gasteiger partial charge in [0.2, 0.25) is 5.91 Å². The number of alkyl halides is 3. The lowest BCUT2D eigenvalue weighted by Gasteiger charge is -2.17.